The molecule has 6 heteroatoms. The van der Waals surface area contributed by atoms with Crippen LogP contribution in [0.3, 0.4) is 0 Å². The highest BCUT2D eigenvalue weighted by atomic mass is 16.5. The Balaban J connectivity index is 2.05. The summed E-state index contributed by atoms with van der Waals surface area (Å²) in [6.45, 7) is 6.65. The summed E-state index contributed by atoms with van der Waals surface area (Å²) >= 11 is 0. The van der Waals surface area contributed by atoms with Crippen LogP contribution in [0.15, 0.2) is 12.3 Å². The lowest BCUT2D eigenvalue weighted by atomic mass is 10.1. The number of H-pyrrole nitrogens is 1. The number of nitriles is 1. The van der Waals surface area contributed by atoms with Crippen molar-refractivity contribution in [1.29, 1.82) is 5.26 Å². The van der Waals surface area contributed by atoms with E-state index in [2.05, 4.69) is 25.9 Å². The molecule has 23 heavy (non-hydrogen) atoms. The van der Waals surface area contributed by atoms with Crippen molar-refractivity contribution in [2.45, 2.75) is 39.3 Å². The summed E-state index contributed by atoms with van der Waals surface area (Å²) in [5.74, 6) is 1.62. The van der Waals surface area contributed by atoms with Crippen molar-refractivity contribution in [2.75, 3.05) is 18.6 Å². The van der Waals surface area contributed by atoms with Crippen molar-refractivity contribution in [1.82, 2.24) is 15.0 Å². The number of aryl methyl sites for hydroxylation is 3. The van der Waals surface area contributed by atoms with Crippen molar-refractivity contribution in [2.24, 2.45) is 0 Å². The lowest BCUT2D eigenvalue weighted by Gasteiger charge is -2.25. The van der Waals surface area contributed by atoms with Gasteiger partial charge in [0.25, 0.3) is 0 Å². The maximum atomic E-state index is 9.52. The topological polar surface area (TPSA) is 77.8 Å². The smallest absolute Gasteiger partial charge is 0.147 e. The number of rotatable bonds is 3. The molecule has 2 atom stereocenters. The minimum Gasteiger partial charge on any atom is -0.380 e. The van der Waals surface area contributed by atoms with Gasteiger partial charge >= 0.3 is 0 Å². The quantitative estimate of drug-likeness (QED) is 0.942. The average Bonchev–Trinajstić information content (AvgIpc) is 3.11. The van der Waals surface area contributed by atoms with E-state index in [-0.39, 0.29) is 12.1 Å². The van der Waals surface area contributed by atoms with Crippen LogP contribution in [0.25, 0.3) is 0 Å². The molecule has 3 rings (SSSR count). The summed E-state index contributed by atoms with van der Waals surface area (Å²) < 4.78 is 5.56. The fourth-order valence-electron chi connectivity index (χ4n) is 3.09. The third kappa shape index (κ3) is 2.68. The first-order valence-corrected chi connectivity index (χ1v) is 7.73. The summed E-state index contributed by atoms with van der Waals surface area (Å²) in [5, 5.41) is 9.52. The lowest BCUT2D eigenvalue weighted by Crippen LogP contribution is -2.27. The highest BCUT2D eigenvalue weighted by Crippen LogP contribution is 2.37. The summed E-state index contributed by atoms with van der Waals surface area (Å²) in [6.07, 6.45) is 2.67. The van der Waals surface area contributed by atoms with Crippen molar-refractivity contribution in [3.63, 3.8) is 0 Å². The SMILES string of the molecule is CO[C@@H]1C[C@@H](c2nc(C)c(C)[nH]2)N(c2nccc(C)c2C#N)C1. The van der Waals surface area contributed by atoms with Gasteiger partial charge < -0.3 is 14.6 Å². The van der Waals surface area contributed by atoms with Crippen LogP contribution in [-0.4, -0.2) is 34.7 Å². The molecule has 0 unspecified atom stereocenters. The van der Waals surface area contributed by atoms with Crippen LogP contribution >= 0.6 is 0 Å². The molecule has 6 nitrogen and oxygen atoms in total. The Labute approximate surface area is 136 Å². The predicted molar refractivity (Wildman–Crippen MR) is 87.3 cm³/mol. The monoisotopic (exact) mass is 311 g/mol. The standard InChI is InChI=1S/C17H21N5O/c1-10-5-6-19-17(14(10)8-18)22-9-13(23-4)7-15(22)16-20-11(2)12(3)21-16/h5-6,13,15H,7,9H2,1-4H3,(H,20,21)/t13-,15+/m1/s1. The minimum atomic E-state index is 0.0359. The van der Waals surface area contributed by atoms with Gasteiger partial charge in [0, 0.05) is 32.0 Å². The number of nitrogens with one attached hydrogen (secondary N) is 1. The molecular weight excluding hydrogens is 290 g/mol. The molecule has 3 heterocycles. The van der Waals surface area contributed by atoms with Gasteiger partial charge in [-0.3, -0.25) is 0 Å². The second-order valence-electron chi connectivity index (χ2n) is 6.03. The number of methoxy groups -OCH3 is 1. The van der Waals surface area contributed by atoms with Gasteiger partial charge in [0.1, 0.15) is 17.7 Å². The average molecular weight is 311 g/mol. The van der Waals surface area contributed by atoms with Gasteiger partial charge in [-0.2, -0.15) is 5.26 Å². The van der Waals surface area contributed by atoms with E-state index in [4.69, 9.17) is 4.74 Å². The third-order valence-electron chi connectivity index (χ3n) is 4.58. The van der Waals surface area contributed by atoms with E-state index in [0.717, 1.165) is 29.2 Å². The minimum absolute atomic E-state index is 0.0359. The Morgan fingerprint density at radius 3 is 2.78 bits per heavy atom. The Kier molecular flexibility index (Phi) is 4.05. The van der Waals surface area contributed by atoms with E-state index in [9.17, 15) is 5.26 Å². The number of nitrogens with zero attached hydrogens (tertiary/aromatic N) is 4. The second kappa shape index (κ2) is 6.01. The Hall–Kier alpha value is -2.39. The van der Waals surface area contributed by atoms with Crippen molar-refractivity contribution < 1.29 is 4.74 Å². The molecule has 0 saturated carbocycles. The number of pyridine rings is 1. The highest BCUT2D eigenvalue weighted by Gasteiger charge is 2.37. The molecule has 0 bridgehead atoms. The first-order valence-electron chi connectivity index (χ1n) is 7.73. The Morgan fingerprint density at radius 1 is 1.39 bits per heavy atom. The summed E-state index contributed by atoms with van der Waals surface area (Å²) in [5.41, 5.74) is 3.62. The van der Waals surface area contributed by atoms with Gasteiger partial charge in [-0.05, 0) is 32.4 Å². The van der Waals surface area contributed by atoms with E-state index in [1.54, 1.807) is 13.3 Å². The Bertz CT molecular complexity index is 741. The number of imidazole rings is 1. The first kappa shape index (κ1) is 15.5. The van der Waals surface area contributed by atoms with Gasteiger partial charge in [0.15, 0.2) is 0 Å². The lowest BCUT2D eigenvalue weighted by molar-refractivity contribution is 0.118. The van der Waals surface area contributed by atoms with Crippen LogP contribution in [0, 0.1) is 32.1 Å². The molecule has 0 amide bonds. The molecular formula is C17H21N5O. The molecule has 2 aromatic heterocycles. The predicted octanol–water partition coefficient (Wildman–Crippen LogP) is 2.57. The van der Waals surface area contributed by atoms with Crippen LogP contribution in [0.1, 0.15) is 40.8 Å². The zero-order valence-electron chi connectivity index (χ0n) is 13.9. The molecule has 120 valence electrons. The molecule has 2 aromatic rings. The molecule has 0 aliphatic carbocycles. The van der Waals surface area contributed by atoms with E-state index >= 15 is 0 Å². The number of hydrogen-bond acceptors (Lipinski definition) is 5. The van der Waals surface area contributed by atoms with E-state index < -0.39 is 0 Å². The van der Waals surface area contributed by atoms with Crippen molar-refractivity contribution in [3.8, 4) is 6.07 Å². The van der Waals surface area contributed by atoms with Crippen LogP contribution < -0.4 is 4.90 Å². The third-order valence-corrected chi connectivity index (χ3v) is 4.58. The van der Waals surface area contributed by atoms with Crippen LogP contribution in [-0.2, 0) is 4.74 Å². The van der Waals surface area contributed by atoms with Crippen LogP contribution in [0.4, 0.5) is 5.82 Å². The molecule has 0 spiro atoms. The van der Waals surface area contributed by atoms with Gasteiger partial charge in [-0.1, -0.05) is 0 Å². The van der Waals surface area contributed by atoms with Crippen LogP contribution in [0.5, 0.6) is 0 Å². The van der Waals surface area contributed by atoms with E-state index in [1.807, 2.05) is 26.8 Å². The summed E-state index contributed by atoms with van der Waals surface area (Å²) in [6, 6.07) is 4.19. The molecule has 1 saturated heterocycles. The molecule has 1 aliphatic rings. The fraction of sp³-hybridized carbons (Fsp3) is 0.471. The zero-order chi connectivity index (χ0) is 16.6. The van der Waals surface area contributed by atoms with E-state index in [0.29, 0.717) is 17.9 Å². The first-order chi connectivity index (χ1) is 11.0. The largest absolute Gasteiger partial charge is 0.380 e. The van der Waals surface area contributed by atoms with Gasteiger partial charge in [0.05, 0.1) is 23.4 Å². The number of anilines is 1. The van der Waals surface area contributed by atoms with Gasteiger partial charge in [-0.25, -0.2) is 9.97 Å². The fourth-order valence-corrected chi connectivity index (χ4v) is 3.09. The number of hydrogen-bond donors (Lipinski definition) is 1. The number of aromatic nitrogens is 3. The normalized spacial score (nSPS) is 20.7. The number of aromatic amines is 1. The molecule has 0 radical (unpaired) electrons. The summed E-state index contributed by atoms with van der Waals surface area (Å²) in [7, 11) is 1.72. The van der Waals surface area contributed by atoms with Gasteiger partial charge in [0.2, 0.25) is 0 Å². The molecule has 1 N–H and O–H groups in total. The maximum absolute atomic E-state index is 9.52. The maximum Gasteiger partial charge on any atom is 0.147 e. The van der Waals surface area contributed by atoms with Crippen molar-refractivity contribution >= 4 is 5.82 Å². The van der Waals surface area contributed by atoms with Gasteiger partial charge in [-0.15, -0.1) is 0 Å². The van der Waals surface area contributed by atoms with Crippen molar-refractivity contribution in [3.05, 3.63) is 40.6 Å². The second-order valence-corrected chi connectivity index (χ2v) is 6.03. The Morgan fingerprint density at radius 2 is 2.17 bits per heavy atom. The highest BCUT2D eigenvalue weighted by molar-refractivity contribution is 5.58. The molecule has 0 aromatic carbocycles. The number of ether oxygens (including phenoxy) is 1. The zero-order valence-corrected chi connectivity index (χ0v) is 13.9. The van der Waals surface area contributed by atoms with E-state index in [1.165, 1.54) is 0 Å². The molecule has 1 fully saturated rings. The summed E-state index contributed by atoms with van der Waals surface area (Å²) in [4.78, 5) is 14.6. The van der Waals surface area contributed by atoms with Crippen LogP contribution in [0.2, 0.25) is 0 Å². The molecule has 1 aliphatic heterocycles.